The normalized spacial score (nSPS) is 10.7. The van der Waals surface area contributed by atoms with Gasteiger partial charge >= 0.3 is 0 Å². The Morgan fingerprint density at radius 1 is 1.00 bits per heavy atom. The average molecular weight is 182 g/mol. The quantitative estimate of drug-likeness (QED) is 0.615. The molecule has 1 aromatic carbocycles. The van der Waals surface area contributed by atoms with E-state index < -0.39 is 0 Å². The highest BCUT2D eigenvalue weighted by atomic mass is 14.0. The summed E-state index contributed by atoms with van der Waals surface area (Å²) in [6.45, 7) is 11.1. The minimum absolute atomic E-state index is 1.08. The van der Waals surface area contributed by atoms with Gasteiger partial charge in [0.15, 0.2) is 0 Å². The molecule has 0 heterocycles. The van der Waals surface area contributed by atoms with Crippen LogP contribution in [0.25, 0.3) is 11.6 Å². The number of hydrogen-bond acceptors (Lipinski definition) is 0. The molecule has 70 valence electrons. The van der Waals surface area contributed by atoms with Gasteiger partial charge in [-0.15, -0.1) is 0 Å². The molecular formula is C14H14. The van der Waals surface area contributed by atoms with Crippen LogP contribution in [-0.2, 0) is 0 Å². The van der Waals surface area contributed by atoms with E-state index in [-0.39, 0.29) is 0 Å². The van der Waals surface area contributed by atoms with Crippen molar-refractivity contribution < 1.29 is 0 Å². The molecular weight excluding hydrogens is 168 g/mol. The Hall–Kier alpha value is -1.82. The number of rotatable bonds is 4. The van der Waals surface area contributed by atoms with Crippen LogP contribution in [0.2, 0.25) is 0 Å². The monoisotopic (exact) mass is 182 g/mol. The minimum atomic E-state index is 1.08. The van der Waals surface area contributed by atoms with Crippen molar-refractivity contribution in [1.29, 1.82) is 0 Å². The van der Waals surface area contributed by atoms with E-state index >= 15 is 0 Å². The Kier molecular flexibility index (Phi) is 3.69. The molecule has 0 N–H and O–H groups in total. The lowest BCUT2D eigenvalue weighted by Gasteiger charge is -2.01. The van der Waals surface area contributed by atoms with Crippen LogP contribution in [0.5, 0.6) is 0 Å². The predicted octanol–water partition coefficient (Wildman–Crippen LogP) is 4.09. The summed E-state index contributed by atoms with van der Waals surface area (Å²) >= 11 is 0. The maximum absolute atomic E-state index is 3.76. The maximum atomic E-state index is 3.76. The summed E-state index contributed by atoms with van der Waals surface area (Å²) < 4.78 is 0. The lowest BCUT2D eigenvalue weighted by Crippen LogP contribution is -1.80. The zero-order valence-electron chi connectivity index (χ0n) is 8.24. The summed E-state index contributed by atoms with van der Waals surface area (Å²) in [5, 5.41) is 0. The van der Waals surface area contributed by atoms with Gasteiger partial charge in [0, 0.05) is 0 Å². The highest BCUT2D eigenvalue weighted by Gasteiger charge is 1.94. The van der Waals surface area contributed by atoms with Crippen LogP contribution in [0.1, 0.15) is 11.1 Å². The molecule has 0 heteroatoms. The van der Waals surface area contributed by atoms with E-state index in [1.807, 2.05) is 42.5 Å². The van der Waals surface area contributed by atoms with Crippen molar-refractivity contribution in [3.8, 4) is 0 Å². The number of hydrogen-bond donors (Lipinski definition) is 0. The zero-order chi connectivity index (χ0) is 10.4. The van der Waals surface area contributed by atoms with Gasteiger partial charge in [-0.1, -0.05) is 68.3 Å². The molecule has 0 unspecified atom stereocenters. The third kappa shape index (κ3) is 2.33. The van der Waals surface area contributed by atoms with Crippen molar-refractivity contribution in [2.75, 3.05) is 0 Å². The van der Waals surface area contributed by atoms with Crippen molar-refractivity contribution in [1.82, 2.24) is 0 Å². The molecule has 0 saturated carbocycles. The molecule has 0 spiro atoms. The Labute approximate surface area is 85.6 Å². The first-order valence-electron chi connectivity index (χ1n) is 4.50. The molecule has 0 bridgehead atoms. The van der Waals surface area contributed by atoms with E-state index in [1.165, 1.54) is 0 Å². The van der Waals surface area contributed by atoms with E-state index in [9.17, 15) is 0 Å². The second kappa shape index (κ2) is 5.03. The fourth-order valence-corrected chi connectivity index (χ4v) is 1.22. The Balaban J connectivity index is 3.06. The topological polar surface area (TPSA) is 0 Å². The van der Waals surface area contributed by atoms with E-state index in [0.29, 0.717) is 0 Å². The van der Waals surface area contributed by atoms with Gasteiger partial charge in [0.2, 0.25) is 0 Å². The predicted molar refractivity (Wildman–Crippen MR) is 64.9 cm³/mol. The second-order valence-electron chi connectivity index (χ2n) is 2.89. The van der Waals surface area contributed by atoms with Crippen LogP contribution in [0.3, 0.4) is 0 Å². The summed E-state index contributed by atoms with van der Waals surface area (Å²) in [7, 11) is 0. The van der Waals surface area contributed by atoms with Crippen LogP contribution in [0, 0.1) is 0 Å². The first-order valence-corrected chi connectivity index (χ1v) is 4.50. The molecule has 0 saturated heterocycles. The van der Waals surface area contributed by atoms with Gasteiger partial charge in [0.05, 0.1) is 0 Å². The van der Waals surface area contributed by atoms with E-state index in [4.69, 9.17) is 0 Å². The summed E-state index contributed by atoms with van der Waals surface area (Å²) in [5.74, 6) is 0. The van der Waals surface area contributed by atoms with Crippen LogP contribution in [0.15, 0.2) is 62.2 Å². The number of allylic oxidation sites excluding steroid dienone is 4. The van der Waals surface area contributed by atoms with Crippen LogP contribution in [-0.4, -0.2) is 0 Å². The van der Waals surface area contributed by atoms with E-state index in [0.717, 1.165) is 16.7 Å². The fraction of sp³-hybridized carbons (Fsp3) is 0. The Morgan fingerprint density at radius 2 is 1.64 bits per heavy atom. The molecule has 0 amide bonds. The first-order chi connectivity index (χ1) is 6.81. The maximum Gasteiger partial charge on any atom is -0.0184 e. The second-order valence-corrected chi connectivity index (χ2v) is 2.89. The van der Waals surface area contributed by atoms with Gasteiger partial charge in [-0.25, -0.2) is 0 Å². The summed E-state index contributed by atoms with van der Waals surface area (Å²) in [6.07, 6.45) is 7.35. The molecule has 0 aromatic heterocycles. The molecule has 0 radical (unpaired) electrons. The highest BCUT2D eigenvalue weighted by Crippen LogP contribution is 2.16. The fourth-order valence-electron chi connectivity index (χ4n) is 1.22. The molecule has 0 aliphatic heterocycles. The molecule has 0 nitrogen and oxygen atoms in total. The summed E-state index contributed by atoms with van der Waals surface area (Å²) in [4.78, 5) is 0. The van der Waals surface area contributed by atoms with E-state index in [1.54, 1.807) is 6.08 Å². The lowest BCUT2D eigenvalue weighted by atomic mass is 10.0. The van der Waals surface area contributed by atoms with Crippen molar-refractivity contribution >= 4 is 11.6 Å². The summed E-state index contributed by atoms with van der Waals surface area (Å²) in [6, 6.07) is 8.16. The van der Waals surface area contributed by atoms with Gasteiger partial charge in [-0.05, 0) is 16.7 Å². The van der Waals surface area contributed by atoms with Gasteiger partial charge < -0.3 is 0 Å². The zero-order valence-corrected chi connectivity index (χ0v) is 8.24. The van der Waals surface area contributed by atoms with Crippen molar-refractivity contribution in [3.05, 3.63) is 73.4 Å². The molecule has 14 heavy (non-hydrogen) atoms. The van der Waals surface area contributed by atoms with Crippen LogP contribution < -0.4 is 0 Å². The van der Waals surface area contributed by atoms with E-state index in [2.05, 4.69) is 19.7 Å². The van der Waals surface area contributed by atoms with Gasteiger partial charge in [-0.2, -0.15) is 0 Å². The largest absolute Gasteiger partial charge is 0.0990 e. The van der Waals surface area contributed by atoms with Gasteiger partial charge in [-0.3, -0.25) is 0 Å². The Bertz CT molecular complexity index is 364. The SMILES string of the molecule is C=C/C=C(\C=C)c1ccc(C=C)cc1. The molecule has 0 aliphatic rings. The molecule has 1 aromatic rings. The average Bonchev–Trinajstić information content (AvgIpc) is 2.26. The van der Waals surface area contributed by atoms with Gasteiger partial charge in [0.1, 0.15) is 0 Å². The van der Waals surface area contributed by atoms with Crippen LogP contribution in [0.4, 0.5) is 0 Å². The standard InChI is InChI=1S/C14H14/c1-4-7-13(6-3)14-10-8-12(5-2)9-11-14/h4-11H,1-3H2/b13-7+. The molecule has 0 aliphatic carbocycles. The summed E-state index contributed by atoms with van der Waals surface area (Å²) in [5.41, 5.74) is 3.34. The highest BCUT2D eigenvalue weighted by molar-refractivity contribution is 5.75. The molecule has 0 fully saturated rings. The minimum Gasteiger partial charge on any atom is -0.0990 e. The molecule has 1 rings (SSSR count). The smallest absolute Gasteiger partial charge is 0.0184 e. The number of benzene rings is 1. The third-order valence-electron chi connectivity index (χ3n) is 2.00. The molecule has 0 atom stereocenters. The van der Waals surface area contributed by atoms with Crippen molar-refractivity contribution in [2.24, 2.45) is 0 Å². The third-order valence-corrected chi connectivity index (χ3v) is 2.00. The first kappa shape index (κ1) is 10.3. The van der Waals surface area contributed by atoms with Crippen molar-refractivity contribution in [2.45, 2.75) is 0 Å². The van der Waals surface area contributed by atoms with Crippen molar-refractivity contribution in [3.63, 3.8) is 0 Å². The van der Waals surface area contributed by atoms with Crippen LogP contribution >= 0.6 is 0 Å². The lowest BCUT2D eigenvalue weighted by molar-refractivity contribution is 1.59. The Morgan fingerprint density at radius 3 is 2.07 bits per heavy atom. The van der Waals surface area contributed by atoms with Gasteiger partial charge in [0.25, 0.3) is 0 Å².